The van der Waals surface area contributed by atoms with Gasteiger partial charge in [0.2, 0.25) is 0 Å². The zero-order valence-corrected chi connectivity index (χ0v) is 19.4. The summed E-state index contributed by atoms with van der Waals surface area (Å²) in [7, 11) is 0. The van der Waals surface area contributed by atoms with E-state index in [0.717, 1.165) is 26.7 Å². The van der Waals surface area contributed by atoms with Crippen LogP contribution in [0, 0.1) is 6.92 Å². The molecule has 4 rings (SSSR count). The molecule has 0 aromatic heterocycles. The van der Waals surface area contributed by atoms with Gasteiger partial charge in [-0.15, -0.1) is 0 Å². The number of hydrogen-bond donors (Lipinski definition) is 6. The second kappa shape index (κ2) is 10.7. The van der Waals surface area contributed by atoms with Gasteiger partial charge < -0.3 is 40.5 Å². The summed E-state index contributed by atoms with van der Waals surface area (Å²) in [6.45, 7) is 2.80. The number of nitrogens with zero attached hydrogens (tertiary/aromatic N) is 1. The highest BCUT2D eigenvalue weighted by Gasteiger charge is 2.42. The Labute approximate surface area is 197 Å². The Kier molecular flexibility index (Phi) is 7.93. The van der Waals surface area contributed by atoms with Gasteiger partial charge in [0.05, 0.1) is 36.7 Å². The Morgan fingerprint density at radius 3 is 2.52 bits per heavy atom. The summed E-state index contributed by atoms with van der Waals surface area (Å²) < 4.78 is 5.53. The Morgan fingerprint density at radius 2 is 1.73 bits per heavy atom. The van der Waals surface area contributed by atoms with Gasteiger partial charge in [-0.2, -0.15) is 0 Å². The van der Waals surface area contributed by atoms with Gasteiger partial charge in [0.1, 0.15) is 24.4 Å². The Hall–Kier alpha value is -1.69. The van der Waals surface area contributed by atoms with Crippen LogP contribution in [0.15, 0.2) is 52.3 Å². The number of β-amino-alcohol motifs (C(OH)–C–C–N with tert-alkyl or cyclic N) is 1. The SMILES string of the molecule is Cc1ccc2c(c1)N(CC(O)CNCCC1O[C@H](CO)[C@@H](O)[C@H](O)[C@H]1O)c1ccccc1S2. The number of nitrogens with one attached hydrogen (secondary N) is 1. The average Bonchev–Trinajstić information content (AvgIpc) is 2.81. The van der Waals surface area contributed by atoms with E-state index in [9.17, 15) is 25.5 Å². The van der Waals surface area contributed by atoms with Crippen molar-refractivity contribution < 1.29 is 30.3 Å². The van der Waals surface area contributed by atoms with Crippen LogP contribution in [0.2, 0.25) is 0 Å². The third-order valence-electron chi connectivity index (χ3n) is 6.15. The van der Waals surface area contributed by atoms with Crippen molar-refractivity contribution in [3.8, 4) is 0 Å². The minimum absolute atomic E-state index is 0.338. The van der Waals surface area contributed by atoms with Crippen LogP contribution in [0.3, 0.4) is 0 Å². The van der Waals surface area contributed by atoms with E-state index in [1.54, 1.807) is 11.8 Å². The van der Waals surface area contributed by atoms with Crippen LogP contribution in [0.5, 0.6) is 0 Å². The fourth-order valence-corrected chi connectivity index (χ4v) is 5.42. The van der Waals surface area contributed by atoms with Crippen molar-refractivity contribution in [2.45, 2.75) is 59.8 Å². The van der Waals surface area contributed by atoms with Crippen LogP contribution in [-0.2, 0) is 4.74 Å². The highest BCUT2D eigenvalue weighted by molar-refractivity contribution is 7.99. The first-order chi connectivity index (χ1) is 15.9. The van der Waals surface area contributed by atoms with E-state index in [1.165, 1.54) is 0 Å². The van der Waals surface area contributed by atoms with E-state index in [0.29, 0.717) is 26.1 Å². The van der Waals surface area contributed by atoms with Crippen LogP contribution in [0.25, 0.3) is 0 Å². The first-order valence-corrected chi connectivity index (χ1v) is 12.0. The summed E-state index contributed by atoms with van der Waals surface area (Å²) in [5.74, 6) is 0. The number of para-hydroxylation sites is 1. The van der Waals surface area contributed by atoms with Gasteiger partial charge in [0, 0.05) is 16.3 Å². The van der Waals surface area contributed by atoms with E-state index < -0.39 is 43.2 Å². The summed E-state index contributed by atoms with van der Waals surface area (Å²) in [6, 6.07) is 14.5. The first kappa shape index (κ1) is 24.4. The predicted molar refractivity (Wildman–Crippen MR) is 126 cm³/mol. The quantitative estimate of drug-likeness (QED) is 0.307. The van der Waals surface area contributed by atoms with E-state index in [-0.39, 0.29) is 0 Å². The molecular weight excluding hydrogens is 444 g/mol. The van der Waals surface area contributed by atoms with Crippen LogP contribution >= 0.6 is 11.8 Å². The lowest BCUT2D eigenvalue weighted by atomic mass is 9.93. The molecule has 2 aromatic carbocycles. The maximum Gasteiger partial charge on any atom is 0.111 e. The van der Waals surface area contributed by atoms with Crippen molar-refractivity contribution in [1.29, 1.82) is 0 Å². The molecule has 0 spiro atoms. The summed E-state index contributed by atoms with van der Waals surface area (Å²) in [5, 5.41) is 53.2. The minimum Gasteiger partial charge on any atom is -0.394 e. The molecule has 1 saturated heterocycles. The third kappa shape index (κ3) is 5.36. The molecule has 6 N–H and O–H groups in total. The van der Waals surface area contributed by atoms with Crippen molar-refractivity contribution in [2.24, 2.45) is 0 Å². The van der Waals surface area contributed by atoms with Gasteiger partial charge in [-0.05, 0) is 49.7 Å². The van der Waals surface area contributed by atoms with Crippen molar-refractivity contribution in [2.75, 3.05) is 31.1 Å². The molecule has 0 aliphatic carbocycles. The molecule has 0 bridgehead atoms. The van der Waals surface area contributed by atoms with Gasteiger partial charge in [0.25, 0.3) is 0 Å². The fourth-order valence-electron chi connectivity index (χ4n) is 4.34. The summed E-state index contributed by atoms with van der Waals surface area (Å²) in [5.41, 5.74) is 3.31. The van der Waals surface area contributed by atoms with Crippen LogP contribution in [-0.4, -0.2) is 88.4 Å². The van der Waals surface area contributed by atoms with Crippen molar-refractivity contribution in [3.05, 3.63) is 48.0 Å². The smallest absolute Gasteiger partial charge is 0.111 e. The number of aliphatic hydroxyl groups excluding tert-OH is 5. The van der Waals surface area contributed by atoms with Gasteiger partial charge in [-0.1, -0.05) is 30.0 Å². The lowest BCUT2D eigenvalue weighted by Crippen LogP contribution is -2.58. The van der Waals surface area contributed by atoms with Crippen LogP contribution < -0.4 is 10.2 Å². The Morgan fingerprint density at radius 1 is 1.00 bits per heavy atom. The molecule has 0 radical (unpaired) electrons. The molecule has 0 amide bonds. The molecule has 6 atom stereocenters. The van der Waals surface area contributed by atoms with Crippen molar-refractivity contribution >= 4 is 23.1 Å². The van der Waals surface area contributed by atoms with Gasteiger partial charge in [0.15, 0.2) is 0 Å². The molecule has 1 fully saturated rings. The number of anilines is 2. The molecule has 2 aromatic rings. The highest BCUT2D eigenvalue weighted by Crippen LogP contribution is 2.48. The molecule has 2 unspecified atom stereocenters. The molecule has 2 aliphatic rings. The standard InChI is InChI=1S/C24H32N2O6S/c1-14-6-7-21-17(10-14)26(16-4-2-3-5-20(16)33-21)12-15(28)11-25-9-8-18-22(29)24(31)23(30)19(13-27)32-18/h2-7,10,15,18-19,22-25,27-31H,8-9,11-13H2,1H3/t15?,18?,19-,22+,23-,24-/m1/s1. The summed E-state index contributed by atoms with van der Waals surface area (Å²) in [4.78, 5) is 4.46. The third-order valence-corrected chi connectivity index (χ3v) is 7.28. The van der Waals surface area contributed by atoms with Crippen molar-refractivity contribution in [1.82, 2.24) is 5.32 Å². The first-order valence-electron chi connectivity index (χ1n) is 11.2. The van der Waals surface area contributed by atoms with E-state index in [2.05, 4.69) is 47.5 Å². The van der Waals surface area contributed by atoms with Gasteiger partial charge in [-0.25, -0.2) is 0 Å². The zero-order valence-electron chi connectivity index (χ0n) is 18.5. The molecular formula is C24H32N2O6S. The topological polar surface area (TPSA) is 126 Å². The Balaban J connectivity index is 1.33. The molecule has 180 valence electrons. The second-order valence-corrected chi connectivity index (χ2v) is 9.75. The van der Waals surface area contributed by atoms with Crippen LogP contribution in [0.4, 0.5) is 11.4 Å². The number of ether oxygens (including phenoxy) is 1. The lowest BCUT2D eigenvalue weighted by Gasteiger charge is -2.40. The number of rotatable bonds is 8. The van der Waals surface area contributed by atoms with E-state index in [4.69, 9.17) is 4.74 Å². The van der Waals surface area contributed by atoms with Gasteiger partial charge >= 0.3 is 0 Å². The number of benzene rings is 2. The van der Waals surface area contributed by atoms with Crippen molar-refractivity contribution in [3.63, 3.8) is 0 Å². The lowest BCUT2D eigenvalue weighted by molar-refractivity contribution is -0.230. The molecule has 2 heterocycles. The molecule has 33 heavy (non-hydrogen) atoms. The van der Waals surface area contributed by atoms with E-state index in [1.807, 2.05) is 12.1 Å². The number of aryl methyl sites for hydroxylation is 1. The maximum atomic E-state index is 10.8. The second-order valence-electron chi connectivity index (χ2n) is 8.67. The average molecular weight is 477 g/mol. The number of aliphatic hydroxyl groups is 5. The molecule has 0 saturated carbocycles. The molecule has 8 nitrogen and oxygen atoms in total. The summed E-state index contributed by atoms with van der Waals surface area (Å²) >= 11 is 1.73. The molecule has 2 aliphatic heterocycles. The number of fused-ring (bicyclic) bond motifs is 2. The van der Waals surface area contributed by atoms with Gasteiger partial charge in [-0.3, -0.25) is 0 Å². The molecule has 9 heteroatoms. The normalized spacial score (nSPS) is 27.7. The minimum atomic E-state index is -1.37. The maximum absolute atomic E-state index is 10.8. The largest absolute Gasteiger partial charge is 0.394 e. The Bertz CT molecular complexity index is 945. The zero-order chi connectivity index (χ0) is 23.5. The van der Waals surface area contributed by atoms with E-state index >= 15 is 0 Å². The summed E-state index contributed by atoms with van der Waals surface area (Å²) in [6.07, 6.45) is -5.87. The predicted octanol–water partition coefficient (Wildman–Crippen LogP) is 0.781. The fraction of sp³-hybridized carbons (Fsp3) is 0.500. The van der Waals surface area contributed by atoms with Crippen LogP contribution in [0.1, 0.15) is 12.0 Å². The highest BCUT2D eigenvalue weighted by atomic mass is 32.2. The monoisotopic (exact) mass is 476 g/mol. The number of hydrogen-bond acceptors (Lipinski definition) is 9.